The van der Waals surface area contributed by atoms with Gasteiger partial charge in [0, 0.05) is 16.6 Å². The third-order valence-corrected chi connectivity index (χ3v) is 6.36. The Labute approximate surface area is 194 Å². The van der Waals surface area contributed by atoms with E-state index in [1.165, 1.54) is 16.5 Å². The van der Waals surface area contributed by atoms with Gasteiger partial charge in [0.2, 0.25) is 0 Å². The lowest BCUT2D eigenvalue weighted by atomic mass is 9.73. The smallest absolute Gasteiger partial charge is 0.333 e. The summed E-state index contributed by atoms with van der Waals surface area (Å²) >= 11 is 0. The van der Waals surface area contributed by atoms with Gasteiger partial charge in [-0.3, -0.25) is 0 Å². The minimum absolute atomic E-state index is 0.237. The van der Waals surface area contributed by atoms with Crippen molar-refractivity contribution >= 4 is 22.7 Å². The number of rotatable bonds is 8. The monoisotopic (exact) mass is 440 g/mol. The molecular formula is C29H28O4. The number of hydrogen-bond acceptors (Lipinski definition) is 4. The van der Waals surface area contributed by atoms with E-state index < -0.39 is 17.4 Å². The summed E-state index contributed by atoms with van der Waals surface area (Å²) in [7, 11) is 0. The van der Waals surface area contributed by atoms with Gasteiger partial charge in [-0.2, -0.15) is 0 Å². The van der Waals surface area contributed by atoms with Crippen LogP contribution < -0.4 is 0 Å². The molecule has 0 atom stereocenters. The average Bonchev–Trinajstić information content (AvgIpc) is 3.06. The summed E-state index contributed by atoms with van der Waals surface area (Å²) in [5.74, 6) is -0.798. The molecule has 3 aromatic carbocycles. The number of benzene rings is 3. The highest BCUT2D eigenvalue weighted by molar-refractivity contribution is 5.93. The van der Waals surface area contributed by atoms with Gasteiger partial charge in [-0.25, -0.2) is 9.59 Å². The van der Waals surface area contributed by atoms with Gasteiger partial charge >= 0.3 is 11.9 Å². The van der Waals surface area contributed by atoms with Crippen LogP contribution in [0.2, 0.25) is 0 Å². The van der Waals surface area contributed by atoms with Gasteiger partial charge in [0.15, 0.2) is 0 Å². The van der Waals surface area contributed by atoms with E-state index >= 15 is 0 Å². The molecule has 0 unspecified atom stereocenters. The van der Waals surface area contributed by atoms with E-state index in [1.807, 2.05) is 24.3 Å². The van der Waals surface area contributed by atoms with Crippen LogP contribution in [-0.2, 0) is 24.5 Å². The normalized spacial score (nSPS) is 13.2. The molecule has 0 N–H and O–H groups in total. The Morgan fingerprint density at radius 3 is 1.82 bits per heavy atom. The van der Waals surface area contributed by atoms with Gasteiger partial charge in [0.25, 0.3) is 0 Å². The number of fused-ring (bicyclic) bond motifs is 4. The highest BCUT2D eigenvalue weighted by atomic mass is 16.5. The predicted octanol–water partition coefficient (Wildman–Crippen LogP) is 6.13. The Morgan fingerprint density at radius 2 is 1.24 bits per heavy atom. The summed E-state index contributed by atoms with van der Waals surface area (Å²) in [5.41, 5.74) is 4.95. The Bertz CT molecular complexity index is 1240. The summed E-state index contributed by atoms with van der Waals surface area (Å²) in [5, 5.41) is 2.32. The molecule has 3 aromatic rings. The van der Waals surface area contributed by atoms with Crippen molar-refractivity contribution in [3.05, 3.63) is 96.1 Å². The van der Waals surface area contributed by atoms with Crippen molar-refractivity contribution in [3.63, 3.8) is 0 Å². The molecule has 4 rings (SSSR count). The molecule has 0 aliphatic heterocycles. The van der Waals surface area contributed by atoms with Crippen LogP contribution in [0.25, 0.3) is 21.9 Å². The number of esters is 2. The quantitative estimate of drug-likeness (QED) is 0.313. The van der Waals surface area contributed by atoms with E-state index in [-0.39, 0.29) is 13.2 Å². The first kappa shape index (κ1) is 22.5. The largest absolute Gasteiger partial charge is 0.462 e. The molecule has 1 aliphatic rings. The molecule has 0 radical (unpaired) electrons. The number of ether oxygens (including phenoxy) is 2. The summed E-state index contributed by atoms with van der Waals surface area (Å²) in [6.45, 7) is 11.1. The van der Waals surface area contributed by atoms with E-state index in [2.05, 4.69) is 49.6 Å². The first-order chi connectivity index (χ1) is 15.8. The Kier molecular flexibility index (Phi) is 6.19. The van der Waals surface area contributed by atoms with Crippen LogP contribution >= 0.6 is 0 Å². The van der Waals surface area contributed by atoms with E-state index in [0.717, 1.165) is 16.5 Å². The standard InChI is InChI=1S/C29H28O4/c1-19(2)27(30)32-15-13-29(14-16-33-28(31)20(3)4)25-12-8-7-11-23(25)24-17-21-9-5-6-10-22(21)18-26(24)29/h5-12,17-18H,1,3,13-16H2,2,4H3. The average molecular weight is 441 g/mol. The minimum atomic E-state index is -0.458. The lowest BCUT2D eigenvalue weighted by Gasteiger charge is -2.32. The Balaban J connectivity index is 1.79. The lowest BCUT2D eigenvalue weighted by Crippen LogP contribution is -2.30. The second-order valence-electron chi connectivity index (χ2n) is 8.71. The topological polar surface area (TPSA) is 52.6 Å². The summed E-state index contributed by atoms with van der Waals surface area (Å²) < 4.78 is 11.0. The second kappa shape index (κ2) is 9.07. The Hall–Kier alpha value is -3.66. The van der Waals surface area contributed by atoms with Gasteiger partial charge < -0.3 is 9.47 Å². The third kappa shape index (κ3) is 4.21. The van der Waals surface area contributed by atoms with Crippen molar-refractivity contribution in [3.8, 4) is 11.1 Å². The fourth-order valence-electron chi connectivity index (χ4n) is 4.69. The maximum Gasteiger partial charge on any atom is 0.333 e. The summed E-state index contributed by atoms with van der Waals surface area (Å²) in [4.78, 5) is 24.1. The van der Waals surface area contributed by atoms with Crippen LogP contribution in [0, 0.1) is 0 Å². The molecule has 0 amide bonds. The molecule has 0 bridgehead atoms. The van der Waals surface area contributed by atoms with Crippen LogP contribution in [0.3, 0.4) is 0 Å². The van der Waals surface area contributed by atoms with E-state index in [1.54, 1.807) is 13.8 Å². The van der Waals surface area contributed by atoms with Crippen LogP contribution in [0.1, 0.15) is 37.8 Å². The molecule has 0 saturated heterocycles. The van der Waals surface area contributed by atoms with Crippen LogP contribution in [0.15, 0.2) is 85.0 Å². The predicted molar refractivity (Wildman–Crippen MR) is 131 cm³/mol. The van der Waals surface area contributed by atoms with Crippen molar-refractivity contribution in [1.82, 2.24) is 0 Å². The summed E-state index contributed by atoms with van der Waals surface area (Å²) in [6, 6.07) is 21.1. The van der Waals surface area contributed by atoms with Crippen molar-refractivity contribution in [2.75, 3.05) is 13.2 Å². The highest BCUT2D eigenvalue weighted by Crippen LogP contribution is 2.53. The van der Waals surface area contributed by atoms with E-state index in [0.29, 0.717) is 24.0 Å². The SMILES string of the molecule is C=C(C)C(=O)OCCC1(CCOC(=O)C(=C)C)c2ccccc2-c2cc3ccccc3cc21. The van der Waals surface area contributed by atoms with Crippen molar-refractivity contribution in [1.29, 1.82) is 0 Å². The van der Waals surface area contributed by atoms with Crippen molar-refractivity contribution in [2.45, 2.75) is 32.1 Å². The number of carbonyl (C=O) groups excluding carboxylic acids is 2. The first-order valence-electron chi connectivity index (χ1n) is 11.1. The van der Waals surface area contributed by atoms with Gasteiger partial charge in [0.05, 0.1) is 13.2 Å². The molecule has 4 nitrogen and oxygen atoms in total. The zero-order chi connectivity index (χ0) is 23.6. The third-order valence-electron chi connectivity index (χ3n) is 6.36. The maximum atomic E-state index is 12.1. The number of carbonyl (C=O) groups is 2. The summed E-state index contributed by atoms with van der Waals surface area (Å²) in [6.07, 6.45) is 1.14. The van der Waals surface area contributed by atoms with Gasteiger partial charge in [-0.1, -0.05) is 61.7 Å². The fraction of sp³-hybridized carbons (Fsp3) is 0.241. The molecule has 33 heavy (non-hydrogen) atoms. The number of hydrogen-bond donors (Lipinski definition) is 0. The van der Waals surface area contributed by atoms with Crippen molar-refractivity contribution in [2.24, 2.45) is 0 Å². The molecule has 168 valence electrons. The maximum absolute atomic E-state index is 12.1. The molecule has 0 heterocycles. The molecule has 0 aromatic heterocycles. The molecule has 0 saturated carbocycles. The fourth-order valence-corrected chi connectivity index (χ4v) is 4.69. The molecule has 0 spiro atoms. The molecule has 1 aliphatic carbocycles. The lowest BCUT2D eigenvalue weighted by molar-refractivity contribution is -0.139. The van der Waals surface area contributed by atoms with Crippen molar-refractivity contribution < 1.29 is 19.1 Å². The Morgan fingerprint density at radius 1 is 0.727 bits per heavy atom. The minimum Gasteiger partial charge on any atom is -0.462 e. The highest BCUT2D eigenvalue weighted by Gasteiger charge is 2.43. The first-order valence-corrected chi connectivity index (χ1v) is 11.1. The van der Waals surface area contributed by atoms with Gasteiger partial charge in [-0.05, 0) is 71.8 Å². The van der Waals surface area contributed by atoms with Crippen LogP contribution in [-0.4, -0.2) is 25.2 Å². The van der Waals surface area contributed by atoms with E-state index in [4.69, 9.17) is 9.47 Å². The zero-order valence-corrected chi connectivity index (χ0v) is 19.1. The molecule has 0 fully saturated rings. The van der Waals surface area contributed by atoms with Gasteiger partial charge in [0.1, 0.15) is 0 Å². The van der Waals surface area contributed by atoms with Crippen LogP contribution in [0.4, 0.5) is 0 Å². The van der Waals surface area contributed by atoms with Gasteiger partial charge in [-0.15, -0.1) is 0 Å². The second-order valence-corrected chi connectivity index (χ2v) is 8.71. The molecule has 4 heteroatoms. The van der Waals surface area contributed by atoms with E-state index in [9.17, 15) is 9.59 Å². The molecular weight excluding hydrogens is 412 g/mol. The van der Waals surface area contributed by atoms with Crippen LogP contribution in [0.5, 0.6) is 0 Å². The zero-order valence-electron chi connectivity index (χ0n) is 19.1.